The first-order chi connectivity index (χ1) is 19.4. The summed E-state index contributed by atoms with van der Waals surface area (Å²) in [4.78, 5) is 24.7. The number of nitrogens with one attached hydrogen (secondary N) is 1. The van der Waals surface area contributed by atoms with Gasteiger partial charge in [0.1, 0.15) is 12.4 Å². The van der Waals surface area contributed by atoms with Gasteiger partial charge in [0.05, 0.1) is 19.8 Å². The lowest BCUT2D eigenvalue weighted by Gasteiger charge is -2.36. The van der Waals surface area contributed by atoms with Gasteiger partial charge in [0.2, 0.25) is 5.91 Å². The van der Waals surface area contributed by atoms with E-state index >= 15 is 0 Å². The lowest BCUT2D eigenvalue weighted by atomic mass is 9.93. The van der Waals surface area contributed by atoms with Gasteiger partial charge in [-0.05, 0) is 98.0 Å². The van der Waals surface area contributed by atoms with Gasteiger partial charge in [0.15, 0.2) is 0 Å². The first-order valence-electron chi connectivity index (χ1n) is 13.8. The molecule has 2 unspecified atom stereocenters. The average molecular weight is 567 g/mol. The molecule has 0 aliphatic carbocycles. The molecular formula is C32H42N2O5S. The quantitative estimate of drug-likeness (QED) is 0.372. The van der Waals surface area contributed by atoms with Gasteiger partial charge in [0.25, 0.3) is 6.47 Å². The minimum Gasteiger partial charge on any atom is -0.497 e. The summed E-state index contributed by atoms with van der Waals surface area (Å²) in [6, 6.07) is 17.0. The molecule has 0 saturated carbocycles. The molecule has 216 valence electrons. The van der Waals surface area contributed by atoms with Crippen molar-refractivity contribution in [1.29, 1.82) is 0 Å². The zero-order chi connectivity index (χ0) is 28.9. The van der Waals surface area contributed by atoms with Crippen molar-refractivity contribution < 1.29 is 24.2 Å². The van der Waals surface area contributed by atoms with Crippen molar-refractivity contribution in [3.8, 4) is 5.75 Å². The Hall–Kier alpha value is -3.20. The fourth-order valence-corrected chi connectivity index (χ4v) is 6.04. The third kappa shape index (κ3) is 8.65. The normalized spacial score (nSPS) is 17.9. The summed E-state index contributed by atoms with van der Waals surface area (Å²) < 4.78 is 10.9. The highest BCUT2D eigenvalue weighted by Gasteiger charge is 2.32. The van der Waals surface area contributed by atoms with Gasteiger partial charge in [-0.15, -0.1) is 11.3 Å². The van der Waals surface area contributed by atoms with Crippen molar-refractivity contribution >= 4 is 23.7 Å². The first kappa shape index (κ1) is 31.3. The number of carbonyl (C=O) groups is 2. The number of carbonyl (C=O) groups excluding carboxylic acids is 1. The van der Waals surface area contributed by atoms with Crippen LogP contribution in [0.2, 0.25) is 0 Å². The number of fused-ring (bicyclic) bond motifs is 1. The predicted octanol–water partition coefficient (Wildman–Crippen LogP) is 5.70. The molecule has 2 N–H and O–H groups in total. The lowest BCUT2D eigenvalue weighted by Crippen LogP contribution is -2.43. The Morgan fingerprint density at radius 1 is 1.12 bits per heavy atom. The topological polar surface area (TPSA) is 88.1 Å². The number of benzene rings is 2. The molecule has 7 nitrogen and oxygen atoms in total. The Bertz CT molecular complexity index is 1180. The predicted molar refractivity (Wildman–Crippen MR) is 160 cm³/mol. The van der Waals surface area contributed by atoms with E-state index in [2.05, 4.69) is 61.8 Å². The molecule has 1 saturated heterocycles. The summed E-state index contributed by atoms with van der Waals surface area (Å²) in [6.45, 7) is 8.70. The first-order valence-corrected chi connectivity index (χ1v) is 14.7. The van der Waals surface area contributed by atoms with Crippen molar-refractivity contribution in [3.05, 3.63) is 86.6 Å². The molecule has 2 aliphatic heterocycles. The largest absolute Gasteiger partial charge is 0.497 e. The summed E-state index contributed by atoms with van der Waals surface area (Å²) in [5, 5.41) is 12.5. The number of hydrogen-bond acceptors (Lipinski definition) is 6. The molecule has 40 heavy (non-hydrogen) atoms. The van der Waals surface area contributed by atoms with E-state index in [1.54, 1.807) is 18.4 Å². The van der Waals surface area contributed by atoms with Crippen LogP contribution in [0.25, 0.3) is 0 Å². The van der Waals surface area contributed by atoms with Gasteiger partial charge >= 0.3 is 0 Å². The molecule has 2 aliphatic rings. The number of nitrogens with zero attached hydrogens (tertiary/aromatic N) is 1. The number of rotatable bonds is 6. The number of ether oxygens (including phenoxy) is 2. The zero-order valence-corrected chi connectivity index (χ0v) is 24.8. The van der Waals surface area contributed by atoms with E-state index in [1.807, 2.05) is 23.1 Å². The molecule has 5 rings (SSSR count). The molecule has 3 heterocycles. The van der Waals surface area contributed by atoms with Crippen molar-refractivity contribution in [2.45, 2.75) is 58.5 Å². The Morgan fingerprint density at radius 2 is 1.82 bits per heavy atom. The molecule has 0 radical (unpaired) electrons. The van der Waals surface area contributed by atoms with Crippen LogP contribution in [0.15, 0.2) is 53.9 Å². The van der Waals surface area contributed by atoms with E-state index in [0.29, 0.717) is 12.6 Å². The van der Waals surface area contributed by atoms with Gasteiger partial charge in [-0.3, -0.25) is 9.59 Å². The summed E-state index contributed by atoms with van der Waals surface area (Å²) in [7, 11) is 1.70. The molecule has 1 amide bonds. The third-order valence-electron chi connectivity index (χ3n) is 7.49. The maximum Gasteiger partial charge on any atom is 0.290 e. The molecule has 1 fully saturated rings. The number of thiophene rings is 1. The highest BCUT2D eigenvalue weighted by atomic mass is 32.1. The Kier molecular flexibility index (Phi) is 12.7. The second-order valence-electron chi connectivity index (χ2n) is 10.1. The van der Waals surface area contributed by atoms with Crippen LogP contribution in [0, 0.1) is 20.8 Å². The minimum atomic E-state index is -0.250. The number of carboxylic acid groups (broad SMARTS) is 1. The fraction of sp³-hybridized carbons (Fsp3) is 0.438. The number of amides is 1. The van der Waals surface area contributed by atoms with E-state index < -0.39 is 0 Å². The van der Waals surface area contributed by atoms with Crippen LogP contribution in [0.3, 0.4) is 0 Å². The van der Waals surface area contributed by atoms with E-state index in [1.165, 1.54) is 45.5 Å². The maximum absolute atomic E-state index is 12.9. The van der Waals surface area contributed by atoms with Gasteiger partial charge in [0, 0.05) is 17.5 Å². The van der Waals surface area contributed by atoms with Crippen LogP contribution in [0.5, 0.6) is 5.75 Å². The van der Waals surface area contributed by atoms with Gasteiger partial charge in [-0.2, -0.15) is 0 Å². The molecule has 2 aromatic carbocycles. The van der Waals surface area contributed by atoms with E-state index in [0.717, 1.165) is 31.7 Å². The second-order valence-corrected chi connectivity index (χ2v) is 11.1. The van der Waals surface area contributed by atoms with Crippen LogP contribution in [-0.2, 0) is 20.7 Å². The number of methoxy groups -OCH3 is 1. The SMILES string of the molecule is COc1cc(C)c(C)c(C)c1.O=C(COCC1CCCCN1)N1CCc2sccc2C1c1ccccc1.O=CO. The maximum atomic E-state index is 12.9. The molecule has 0 bridgehead atoms. The van der Waals surface area contributed by atoms with Crippen molar-refractivity contribution in [3.63, 3.8) is 0 Å². The monoisotopic (exact) mass is 566 g/mol. The van der Waals surface area contributed by atoms with Gasteiger partial charge < -0.3 is 24.8 Å². The molecule has 0 spiro atoms. The van der Waals surface area contributed by atoms with E-state index in [4.69, 9.17) is 19.4 Å². The zero-order valence-electron chi connectivity index (χ0n) is 24.0. The number of aryl methyl sites for hydroxylation is 2. The second kappa shape index (κ2) is 16.2. The standard InChI is InChI=1S/C21H26N2O2S.C10H14O.CH2O2/c24-20(15-25-14-17-8-4-5-11-22-17)23-12-9-19-18(10-13-26-19)21(23)16-6-2-1-3-7-16;1-7-5-10(11-4)6-8(2)9(7)3;2-1-3/h1-3,6-7,10,13,17,21-22H,4-5,8-9,11-12,14-15H2;5-6H,1-4H3;1H,(H,2,3). The van der Waals surface area contributed by atoms with Crippen LogP contribution in [0.4, 0.5) is 0 Å². The Balaban J connectivity index is 0.000000263. The van der Waals surface area contributed by atoms with E-state index in [-0.39, 0.29) is 25.0 Å². The summed E-state index contributed by atoms with van der Waals surface area (Å²) in [6.07, 6.45) is 4.57. The summed E-state index contributed by atoms with van der Waals surface area (Å²) in [5.74, 6) is 1.04. The summed E-state index contributed by atoms with van der Waals surface area (Å²) >= 11 is 1.80. The molecule has 2 atom stereocenters. The highest BCUT2D eigenvalue weighted by molar-refractivity contribution is 7.10. The van der Waals surface area contributed by atoms with Crippen LogP contribution >= 0.6 is 11.3 Å². The van der Waals surface area contributed by atoms with Crippen molar-refractivity contribution in [2.75, 3.05) is 33.4 Å². The lowest BCUT2D eigenvalue weighted by molar-refractivity contribution is -0.138. The number of hydrogen-bond donors (Lipinski definition) is 2. The average Bonchev–Trinajstić information content (AvgIpc) is 3.46. The Labute approximate surface area is 242 Å². The van der Waals surface area contributed by atoms with Gasteiger partial charge in [-0.1, -0.05) is 36.8 Å². The molecule has 8 heteroatoms. The van der Waals surface area contributed by atoms with Crippen molar-refractivity contribution in [2.24, 2.45) is 0 Å². The van der Waals surface area contributed by atoms with Crippen LogP contribution < -0.4 is 10.1 Å². The molecule has 3 aromatic rings. The number of piperidine rings is 1. The smallest absolute Gasteiger partial charge is 0.290 e. The third-order valence-corrected chi connectivity index (χ3v) is 8.49. The van der Waals surface area contributed by atoms with Crippen LogP contribution in [-0.4, -0.2) is 61.8 Å². The summed E-state index contributed by atoms with van der Waals surface area (Å²) in [5.41, 5.74) is 6.39. The highest BCUT2D eigenvalue weighted by Crippen LogP contribution is 2.37. The fourth-order valence-electron chi connectivity index (χ4n) is 5.13. The van der Waals surface area contributed by atoms with Gasteiger partial charge in [-0.25, -0.2) is 0 Å². The van der Waals surface area contributed by atoms with E-state index in [9.17, 15) is 4.79 Å². The molecule has 1 aromatic heterocycles. The van der Waals surface area contributed by atoms with Crippen molar-refractivity contribution in [1.82, 2.24) is 10.2 Å². The molecular weight excluding hydrogens is 524 g/mol. The van der Waals surface area contributed by atoms with Crippen LogP contribution in [0.1, 0.15) is 58.0 Å². The minimum absolute atomic E-state index is 0.00936. The Morgan fingerprint density at radius 3 is 2.45 bits per heavy atom.